The molecule has 2 nitrogen and oxygen atoms in total. The number of pyridine rings is 1. The Morgan fingerprint density at radius 1 is 0.941 bits per heavy atom. The van der Waals surface area contributed by atoms with Crippen LogP contribution in [0.3, 0.4) is 0 Å². The van der Waals surface area contributed by atoms with Crippen molar-refractivity contribution in [3.63, 3.8) is 0 Å². The number of benzene rings is 4. The van der Waals surface area contributed by atoms with Crippen LogP contribution in [0.5, 0.6) is 11.5 Å². The van der Waals surface area contributed by atoms with Crippen molar-refractivity contribution in [3.05, 3.63) is 77.7 Å². The van der Waals surface area contributed by atoms with Crippen molar-refractivity contribution < 1.29 is 13.7 Å². The van der Waals surface area contributed by atoms with Crippen molar-refractivity contribution in [2.75, 3.05) is 0 Å². The minimum absolute atomic E-state index is 0.212. The summed E-state index contributed by atoms with van der Waals surface area (Å²) >= 11 is 0. The number of ether oxygens (including phenoxy) is 1. The van der Waals surface area contributed by atoms with Crippen LogP contribution in [0.4, 0.5) is 4.39 Å². The molecule has 0 N–H and O–H groups in total. The molecular weight excluding hydrogens is 421 g/mol. The molecular formula is C31H27FNO+. The standard InChI is InChI=1S/C31H27FNO/c1-18-22-9-5-6-10-23(22)26(15-19-7-3-4-8-19)31-28(18)30-29-24(13-14-33(30)2)25-17-21(32)12-11-20(25)16-27(29)34-31/h5-6,9-14,16-17,19H,3-4,7-8,15H2,1-2H3/q+1. The van der Waals surface area contributed by atoms with Gasteiger partial charge >= 0.3 is 0 Å². The van der Waals surface area contributed by atoms with Crippen LogP contribution in [0, 0.1) is 18.7 Å². The Labute approximate surface area is 198 Å². The molecule has 1 saturated carbocycles. The Kier molecular flexibility index (Phi) is 4.27. The van der Waals surface area contributed by atoms with E-state index in [0.29, 0.717) is 5.92 Å². The Balaban J connectivity index is 1.62. The lowest BCUT2D eigenvalue weighted by atomic mass is 9.85. The quantitative estimate of drug-likeness (QED) is 0.194. The number of hydrogen-bond donors (Lipinski definition) is 0. The lowest BCUT2D eigenvalue weighted by Crippen LogP contribution is -2.32. The van der Waals surface area contributed by atoms with E-state index in [4.69, 9.17) is 4.74 Å². The highest BCUT2D eigenvalue weighted by molar-refractivity contribution is 6.16. The van der Waals surface area contributed by atoms with Crippen LogP contribution in [0.2, 0.25) is 0 Å². The lowest BCUT2D eigenvalue weighted by molar-refractivity contribution is -0.659. The molecule has 2 heterocycles. The molecule has 168 valence electrons. The van der Waals surface area contributed by atoms with Crippen LogP contribution in [-0.4, -0.2) is 0 Å². The highest BCUT2D eigenvalue weighted by Gasteiger charge is 2.34. The van der Waals surface area contributed by atoms with Gasteiger partial charge in [-0.15, -0.1) is 0 Å². The molecule has 1 aromatic heterocycles. The summed E-state index contributed by atoms with van der Waals surface area (Å²) in [4.78, 5) is 0. The second kappa shape index (κ2) is 7.27. The normalized spacial score (nSPS) is 15.3. The third-order valence-electron chi connectivity index (χ3n) is 8.11. The van der Waals surface area contributed by atoms with Crippen LogP contribution in [0.25, 0.3) is 43.6 Å². The number of aromatic nitrogens is 1. The molecule has 1 fully saturated rings. The average molecular weight is 449 g/mol. The molecule has 7 rings (SSSR count). The third kappa shape index (κ3) is 2.76. The predicted octanol–water partition coefficient (Wildman–Crippen LogP) is 7.92. The molecule has 34 heavy (non-hydrogen) atoms. The topological polar surface area (TPSA) is 13.1 Å². The van der Waals surface area contributed by atoms with Gasteiger partial charge in [0.25, 0.3) is 0 Å². The summed E-state index contributed by atoms with van der Waals surface area (Å²) in [6, 6.07) is 18.0. The van der Waals surface area contributed by atoms with Crippen LogP contribution in [0.1, 0.15) is 36.8 Å². The van der Waals surface area contributed by atoms with Gasteiger partial charge < -0.3 is 4.74 Å². The largest absolute Gasteiger partial charge is 0.455 e. The first kappa shape index (κ1) is 20.0. The van der Waals surface area contributed by atoms with Gasteiger partial charge in [0.15, 0.2) is 6.20 Å². The number of hydrogen-bond acceptors (Lipinski definition) is 1. The molecule has 0 saturated heterocycles. The fourth-order valence-corrected chi connectivity index (χ4v) is 6.47. The smallest absolute Gasteiger partial charge is 0.228 e. The summed E-state index contributed by atoms with van der Waals surface area (Å²) in [6.07, 6.45) is 8.41. The summed E-state index contributed by atoms with van der Waals surface area (Å²) in [5.41, 5.74) is 4.93. The predicted molar refractivity (Wildman–Crippen MR) is 136 cm³/mol. The number of halogens is 1. The molecule has 4 aromatic carbocycles. The SMILES string of the molecule is Cc1c2c(c(CC3CCCC3)c3ccccc13)Oc1cc3ccc(F)cc3c3cc[n+](C)c-2c13. The highest BCUT2D eigenvalue weighted by Crippen LogP contribution is 2.52. The van der Waals surface area contributed by atoms with Gasteiger partial charge in [-0.25, -0.2) is 8.96 Å². The van der Waals surface area contributed by atoms with Gasteiger partial charge in [0, 0.05) is 17.0 Å². The molecule has 0 amide bonds. The van der Waals surface area contributed by atoms with Gasteiger partial charge in [-0.05, 0) is 64.6 Å². The molecule has 2 aliphatic rings. The monoisotopic (exact) mass is 448 g/mol. The van der Waals surface area contributed by atoms with Gasteiger partial charge in [0.05, 0.1) is 10.9 Å². The Hall–Kier alpha value is -3.46. The van der Waals surface area contributed by atoms with Crippen molar-refractivity contribution in [1.29, 1.82) is 0 Å². The molecule has 0 unspecified atom stereocenters. The fraction of sp³-hybridized carbons (Fsp3) is 0.258. The maximum absolute atomic E-state index is 14.2. The van der Waals surface area contributed by atoms with Gasteiger partial charge in [-0.3, -0.25) is 0 Å². The minimum Gasteiger partial charge on any atom is -0.455 e. The number of rotatable bonds is 2. The molecule has 1 aliphatic heterocycles. The first-order chi connectivity index (χ1) is 16.6. The fourth-order valence-electron chi connectivity index (χ4n) is 6.47. The van der Waals surface area contributed by atoms with Crippen molar-refractivity contribution >= 4 is 32.3 Å². The summed E-state index contributed by atoms with van der Waals surface area (Å²) in [6.45, 7) is 2.22. The summed E-state index contributed by atoms with van der Waals surface area (Å²) in [5.74, 6) is 2.38. The molecule has 0 atom stereocenters. The van der Waals surface area contributed by atoms with E-state index in [2.05, 4.69) is 61.1 Å². The number of fused-ring (bicyclic) bond motifs is 5. The second-order valence-corrected chi connectivity index (χ2v) is 10.1. The highest BCUT2D eigenvalue weighted by atomic mass is 19.1. The number of aryl methyl sites for hydroxylation is 2. The Bertz CT molecular complexity index is 1650. The zero-order valence-corrected chi connectivity index (χ0v) is 19.6. The second-order valence-electron chi connectivity index (χ2n) is 10.1. The van der Waals surface area contributed by atoms with E-state index in [1.54, 1.807) is 6.07 Å². The van der Waals surface area contributed by atoms with E-state index >= 15 is 0 Å². The van der Waals surface area contributed by atoms with Crippen LogP contribution < -0.4 is 9.30 Å². The zero-order valence-electron chi connectivity index (χ0n) is 19.6. The van der Waals surface area contributed by atoms with Gasteiger partial charge in [-0.1, -0.05) is 56.0 Å². The third-order valence-corrected chi connectivity index (χ3v) is 8.11. The average Bonchev–Trinajstić information content (AvgIpc) is 3.36. The summed E-state index contributed by atoms with van der Waals surface area (Å²) < 4.78 is 23.3. The van der Waals surface area contributed by atoms with Crippen molar-refractivity contribution in [2.24, 2.45) is 13.0 Å². The molecule has 5 aromatic rings. The maximum Gasteiger partial charge on any atom is 0.228 e. The van der Waals surface area contributed by atoms with E-state index in [1.807, 2.05) is 6.07 Å². The molecule has 0 radical (unpaired) electrons. The van der Waals surface area contributed by atoms with E-state index in [0.717, 1.165) is 45.2 Å². The summed E-state index contributed by atoms with van der Waals surface area (Å²) in [7, 11) is 2.11. The van der Waals surface area contributed by atoms with E-state index < -0.39 is 0 Å². The minimum atomic E-state index is -0.212. The van der Waals surface area contributed by atoms with Gasteiger partial charge in [0.2, 0.25) is 5.69 Å². The molecule has 1 aliphatic carbocycles. The Morgan fingerprint density at radius 2 is 1.74 bits per heavy atom. The first-order valence-corrected chi connectivity index (χ1v) is 12.4. The zero-order chi connectivity index (χ0) is 23.0. The van der Waals surface area contributed by atoms with Crippen molar-refractivity contribution in [2.45, 2.75) is 39.0 Å². The van der Waals surface area contributed by atoms with Crippen molar-refractivity contribution in [3.8, 4) is 22.8 Å². The van der Waals surface area contributed by atoms with Crippen molar-refractivity contribution in [1.82, 2.24) is 0 Å². The van der Waals surface area contributed by atoms with E-state index in [1.165, 1.54) is 59.2 Å². The Morgan fingerprint density at radius 3 is 2.56 bits per heavy atom. The number of nitrogens with zero attached hydrogens (tertiary/aromatic N) is 1. The lowest BCUT2D eigenvalue weighted by Gasteiger charge is -2.26. The molecule has 0 spiro atoms. The maximum atomic E-state index is 14.2. The van der Waals surface area contributed by atoms with Crippen LogP contribution >= 0.6 is 0 Å². The first-order valence-electron chi connectivity index (χ1n) is 12.4. The van der Waals surface area contributed by atoms with E-state index in [-0.39, 0.29) is 5.82 Å². The van der Waals surface area contributed by atoms with Gasteiger partial charge in [0.1, 0.15) is 24.4 Å². The summed E-state index contributed by atoms with van der Waals surface area (Å²) in [5, 5.41) is 6.65. The van der Waals surface area contributed by atoms with Crippen LogP contribution in [-0.2, 0) is 13.5 Å². The van der Waals surface area contributed by atoms with Gasteiger partial charge in [-0.2, -0.15) is 0 Å². The van der Waals surface area contributed by atoms with E-state index in [9.17, 15) is 4.39 Å². The molecule has 3 heteroatoms. The molecule has 0 bridgehead atoms. The van der Waals surface area contributed by atoms with Crippen LogP contribution in [0.15, 0.2) is 60.8 Å².